The number of unbranched alkanes of at least 4 members (excludes halogenated alkanes) is 16. The summed E-state index contributed by atoms with van der Waals surface area (Å²) in [6.45, 7) is 4.49. The molecule has 0 atom stereocenters. The van der Waals surface area contributed by atoms with Gasteiger partial charge in [-0.3, -0.25) is 9.59 Å². The first-order chi connectivity index (χ1) is 13.2. The maximum absolute atomic E-state index is 11.9. The molecular weight excluding hydrogens is 332 g/mol. The van der Waals surface area contributed by atoms with Crippen LogP contribution in [0.5, 0.6) is 0 Å². The van der Waals surface area contributed by atoms with Crippen molar-refractivity contribution in [3.63, 3.8) is 0 Å². The molecule has 2 nitrogen and oxygen atoms in total. The summed E-state index contributed by atoms with van der Waals surface area (Å²) in [4.78, 5) is 23.8. The second-order valence-corrected chi connectivity index (χ2v) is 8.41. The number of rotatable bonds is 22. The van der Waals surface area contributed by atoms with Gasteiger partial charge < -0.3 is 0 Å². The molecule has 0 aromatic heterocycles. The summed E-state index contributed by atoms with van der Waals surface area (Å²) in [5.41, 5.74) is 0. The molecule has 0 bridgehead atoms. The van der Waals surface area contributed by atoms with Gasteiger partial charge in [0.25, 0.3) is 0 Å². The van der Waals surface area contributed by atoms with Crippen molar-refractivity contribution in [1.82, 2.24) is 0 Å². The molecule has 0 unspecified atom stereocenters. The number of hydrogen-bond acceptors (Lipinski definition) is 2. The molecule has 0 heterocycles. The van der Waals surface area contributed by atoms with Crippen molar-refractivity contribution in [3.05, 3.63) is 0 Å². The van der Waals surface area contributed by atoms with Crippen LogP contribution in [0.25, 0.3) is 0 Å². The molecule has 27 heavy (non-hydrogen) atoms. The topological polar surface area (TPSA) is 34.1 Å². The summed E-state index contributed by atoms with van der Waals surface area (Å²) in [6, 6.07) is 0. The first kappa shape index (κ1) is 26.3. The van der Waals surface area contributed by atoms with E-state index in [1.165, 1.54) is 89.9 Å². The van der Waals surface area contributed by atoms with Gasteiger partial charge in [-0.25, -0.2) is 0 Å². The highest BCUT2D eigenvalue weighted by molar-refractivity contribution is 5.98. The summed E-state index contributed by atoms with van der Waals surface area (Å²) in [6.07, 6.45) is 24.2. The second-order valence-electron chi connectivity index (χ2n) is 8.41. The fraction of sp³-hybridized carbons (Fsp3) is 0.920. The van der Waals surface area contributed by atoms with Gasteiger partial charge in [0, 0.05) is 12.8 Å². The summed E-state index contributed by atoms with van der Waals surface area (Å²) in [7, 11) is 0. The van der Waals surface area contributed by atoms with E-state index in [9.17, 15) is 9.59 Å². The van der Waals surface area contributed by atoms with Crippen LogP contribution in [0.15, 0.2) is 0 Å². The van der Waals surface area contributed by atoms with Gasteiger partial charge in [-0.2, -0.15) is 0 Å². The van der Waals surface area contributed by atoms with E-state index in [1.807, 2.05) is 0 Å². The van der Waals surface area contributed by atoms with Crippen LogP contribution in [-0.2, 0) is 9.59 Å². The van der Waals surface area contributed by atoms with Gasteiger partial charge in [0.1, 0.15) is 11.6 Å². The van der Waals surface area contributed by atoms with Crippen LogP contribution in [0.3, 0.4) is 0 Å². The highest BCUT2D eigenvalue weighted by atomic mass is 16.1. The SMILES string of the molecule is CCCCCCCCCCCCCC(=O)CC(=O)CCCCCCCCC. The van der Waals surface area contributed by atoms with E-state index in [4.69, 9.17) is 0 Å². The van der Waals surface area contributed by atoms with Crippen molar-refractivity contribution in [3.8, 4) is 0 Å². The predicted octanol–water partition coefficient (Wildman–Crippen LogP) is 8.36. The molecule has 0 saturated carbocycles. The zero-order valence-corrected chi connectivity index (χ0v) is 18.7. The number of carbonyl (C=O) groups excluding carboxylic acids is 2. The Morgan fingerprint density at radius 3 is 0.963 bits per heavy atom. The molecule has 0 fully saturated rings. The maximum atomic E-state index is 11.9. The minimum absolute atomic E-state index is 0.164. The number of carbonyl (C=O) groups is 2. The van der Waals surface area contributed by atoms with E-state index in [-0.39, 0.29) is 18.0 Å². The van der Waals surface area contributed by atoms with Crippen molar-refractivity contribution in [2.24, 2.45) is 0 Å². The predicted molar refractivity (Wildman–Crippen MR) is 118 cm³/mol. The molecule has 0 aliphatic rings. The Bertz CT molecular complexity index is 335. The smallest absolute Gasteiger partial charge is 0.140 e. The van der Waals surface area contributed by atoms with Gasteiger partial charge in [0.05, 0.1) is 6.42 Å². The van der Waals surface area contributed by atoms with E-state index < -0.39 is 0 Å². The third kappa shape index (κ3) is 21.5. The van der Waals surface area contributed by atoms with Crippen LogP contribution in [-0.4, -0.2) is 11.6 Å². The third-order valence-corrected chi connectivity index (χ3v) is 5.51. The van der Waals surface area contributed by atoms with E-state index >= 15 is 0 Å². The molecule has 0 aliphatic carbocycles. The van der Waals surface area contributed by atoms with E-state index in [1.54, 1.807) is 0 Å². The Morgan fingerprint density at radius 1 is 0.407 bits per heavy atom. The minimum Gasteiger partial charge on any atom is -0.299 e. The zero-order chi connectivity index (χ0) is 20.0. The standard InChI is InChI=1S/C25H48O2/c1-3-5-7-9-11-12-13-14-16-18-20-22-25(27)23-24(26)21-19-17-15-10-8-6-4-2/h3-23H2,1-2H3. The van der Waals surface area contributed by atoms with Crippen molar-refractivity contribution >= 4 is 11.6 Å². The molecule has 0 spiro atoms. The third-order valence-electron chi connectivity index (χ3n) is 5.51. The number of ketones is 2. The Kier molecular flexibility index (Phi) is 21.1. The lowest BCUT2D eigenvalue weighted by Gasteiger charge is -2.03. The molecule has 0 amide bonds. The van der Waals surface area contributed by atoms with Gasteiger partial charge in [0.2, 0.25) is 0 Å². The molecule has 0 rings (SSSR count). The molecule has 0 aliphatic heterocycles. The minimum atomic E-state index is 0.164. The Labute approximate surface area is 170 Å². The summed E-state index contributed by atoms with van der Waals surface area (Å²) < 4.78 is 0. The van der Waals surface area contributed by atoms with Gasteiger partial charge >= 0.3 is 0 Å². The monoisotopic (exact) mass is 380 g/mol. The van der Waals surface area contributed by atoms with Gasteiger partial charge in [-0.15, -0.1) is 0 Å². The Hall–Kier alpha value is -0.660. The quantitative estimate of drug-likeness (QED) is 0.140. The number of Topliss-reactive ketones (excluding diaryl/α,β-unsaturated/α-hetero) is 2. The lowest BCUT2D eigenvalue weighted by atomic mass is 10.0. The van der Waals surface area contributed by atoms with E-state index in [0.29, 0.717) is 12.8 Å². The fourth-order valence-corrected chi connectivity index (χ4v) is 3.66. The van der Waals surface area contributed by atoms with Crippen LogP contribution >= 0.6 is 0 Å². The molecule has 160 valence electrons. The number of hydrogen-bond donors (Lipinski definition) is 0. The highest BCUT2D eigenvalue weighted by Crippen LogP contribution is 2.13. The molecule has 0 aromatic carbocycles. The highest BCUT2D eigenvalue weighted by Gasteiger charge is 2.09. The van der Waals surface area contributed by atoms with Crippen molar-refractivity contribution in [2.45, 2.75) is 149 Å². The largest absolute Gasteiger partial charge is 0.299 e. The van der Waals surface area contributed by atoms with Crippen molar-refractivity contribution in [1.29, 1.82) is 0 Å². The molecular formula is C25H48O2. The Morgan fingerprint density at radius 2 is 0.667 bits per heavy atom. The summed E-state index contributed by atoms with van der Waals surface area (Å²) >= 11 is 0. The lowest BCUT2D eigenvalue weighted by molar-refractivity contribution is -0.127. The zero-order valence-electron chi connectivity index (χ0n) is 18.7. The first-order valence-electron chi connectivity index (χ1n) is 12.2. The summed E-state index contributed by atoms with van der Waals surface area (Å²) in [5.74, 6) is 0.329. The fourth-order valence-electron chi connectivity index (χ4n) is 3.66. The van der Waals surface area contributed by atoms with Crippen LogP contribution < -0.4 is 0 Å². The molecule has 0 saturated heterocycles. The molecule has 0 N–H and O–H groups in total. The van der Waals surface area contributed by atoms with Crippen LogP contribution in [0.4, 0.5) is 0 Å². The maximum Gasteiger partial charge on any atom is 0.140 e. The van der Waals surface area contributed by atoms with Gasteiger partial charge in [-0.1, -0.05) is 117 Å². The Balaban J connectivity index is 3.32. The average molecular weight is 381 g/mol. The van der Waals surface area contributed by atoms with Crippen LogP contribution in [0, 0.1) is 0 Å². The lowest BCUT2D eigenvalue weighted by Crippen LogP contribution is -2.07. The first-order valence-corrected chi connectivity index (χ1v) is 12.2. The van der Waals surface area contributed by atoms with Crippen molar-refractivity contribution in [2.75, 3.05) is 0 Å². The van der Waals surface area contributed by atoms with E-state index in [2.05, 4.69) is 13.8 Å². The summed E-state index contributed by atoms with van der Waals surface area (Å²) in [5, 5.41) is 0. The normalized spacial score (nSPS) is 11.0. The second kappa shape index (κ2) is 21.6. The molecule has 0 aromatic rings. The molecule has 0 radical (unpaired) electrons. The van der Waals surface area contributed by atoms with E-state index in [0.717, 1.165) is 25.7 Å². The van der Waals surface area contributed by atoms with Crippen molar-refractivity contribution < 1.29 is 9.59 Å². The molecule has 2 heteroatoms. The van der Waals surface area contributed by atoms with Gasteiger partial charge in [-0.05, 0) is 12.8 Å². The van der Waals surface area contributed by atoms with Gasteiger partial charge in [0.15, 0.2) is 0 Å². The van der Waals surface area contributed by atoms with Crippen LogP contribution in [0.2, 0.25) is 0 Å². The van der Waals surface area contributed by atoms with Crippen LogP contribution in [0.1, 0.15) is 149 Å². The average Bonchev–Trinajstić information content (AvgIpc) is 2.65.